The largest absolute Gasteiger partial charge is 0.480 e. The zero-order chi connectivity index (χ0) is 10.7. The average Bonchev–Trinajstić information content (AvgIpc) is 2.40. The lowest BCUT2D eigenvalue weighted by Crippen LogP contribution is -2.42. The predicted molar refractivity (Wildman–Crippen MR) is 49.1 cm³/mol. The van der Waals surface area contributed by atoms with Crippen LogP contribution in [0.4, 0.5) is 0 Å². The minimum Gasteiger partial charge on any atom is -0.480 e. The number of aliphatic hydroxyl groups is 1. The SMILES string of the molecule is O=C(O)[C@H](CCO)N1CC(Cl)CC1=O. The molecule has 0 spiro atoms. The van der Waals surface area contributed by atoms with Crippen LogP contribution < -0.4 is 0 Å². The molecule has 0 saturated carbocycles. The maximum atomic E-state index is 11.3. The molecule has 1 unspecified atom stereocenters. The number of hydrogen-bond donors (Lipinski definition) is 2. The Morgan fingerprint density at radius 2 is 2.36 bits per heavy atom. The number of carbonyl (C=O) groups excluding carboxylic acids is 1. The van der Waals surface area contributed by atoms with Crippen molar-refractivity contribution < 1.29 is 19.8 Å². The highest BCUT2D eigenvalue weighted by atomic mass is 35.5. The van der Waals surface area contributed by atoms with Gasteiger partial charge in [-0.05, 0) is 0 Å². The Bertz CT molecular complexity index is 245. The highest BCUT2D eigenvalue weighted by molar-refractivity contribution is 6.22. The number of nitrogens with zero attached hydrogens (tertiary/aromatic N) is 1. The lowest BCUT2D eigenvalue weighted by molar-refractivity contribution is -0.148. The van der Waals surface area contributed by atoms with E-state index in [2.05, 4.69) is 0 Å². The van der Waals surface area contributed by atoms with Crippen LogP contribution in [-0.2, 0) is 9.59 Å². The van der Waals surface area contributed by atoms with Crippen LogP contribution in [0.15, 0.2) is 0 Å². The van der Waals surface area contributed by atoms with E-state index in [1.54, 1.807) is 0 Å². The van der Waals surface area contributed by atoms with Crippen LogP contribution in [0.3, 0.4) is 0 Å². The Morgan fingerprint density at radius 1 is 1.71 bits per heavy atom. The first-order valence-corrected chi connectivity index (χ1v) is 4.77. The van der Waals surface area contributed by atoms with E-state index >= 15 is 0 Å². The summed E-state index contributed by atoms with van der Waals surface area (Å²) in [4.78, 5) is 23.3. The van der Waals surface area contributed by atoms with Gasteiger partial charge in [-0.3, -0.25) is 4.79 Å². The summed E-state index contributed by atoms with van der Waals surface area (Å²) < 4.78 is 0. The maximum absolute atomic E-state index is 11.3. The summed E-state index contributed by atoms with van der Waals surface area (Å²) in [5.74, 6) is -1.36. The fourth-order valence-electron chi connectivity index (χ4n) is 1.52. The highest BCUT2D eigenvalue weighted by Crippen LogP contribution is 2.20. The summed E-state index contributed by atoms with van der Waals surface area (Å²) in [6.07, 6.45) is 0.224. The fraction of sp³-hybridized carbons (Fsp3) is 0.750. The molecular weight excluding hydrogens is 210 g/mol. The molecule has 0 radical (unpaired) electrons. The molecule has 1 aliphatic rings. The van der Waals surface area contributed by atoms with Gasteiger partial charge in [0.25, 0.3) is 0 Å². The second-order valence-electron chi connectivity index (χ2n) is 3.21. The summed E-state index contributed by atoms with van der Waals surface area (Å²) in [7, 11) is 0. The Labute approximate surface area is 86.3 Å². The molecular formula is C8H12ClNO4. The van der Waals surface area contributed by atoms with Gasteiger partial charge in [0.05, 0.1) is 5.38 Å². The molecule has 1 rings (SSSR count). The molecule has 5 nitrogen and oxygen atoms in total. The second-order valence-corrected chi connectivity index (χ2v) is 3.83. The van der Waals surface area contributed by atoms with Crippen molar-refractivity contribution in [2.45, 2.75) is 24.3 Å². The van der Waals surface area contributed by atoms with Crippen molar-refractivity contribution in [3.8, 4) is 0 Å². The molecule has 1 saturated heterocycles. The minimum atomic E-state index is -1.10. The lowest BCUT2D eigenvalue weighted by Gasteiger charge is -2.23. The van der Waals surface area contributed by atoms with E-state index in [1.807, 2.05) is 0 Å². The van der Waals surface area contributed by atoms with E-state index in [1.165, 1.54) is 4.90 Å². The number of aliphatic carboxylic acids is 1. The van der Waals surface area contributed by atoms with Gasteiger partial charge in [0.2, 0.25) is 5.91 Å². The van der Waals surface area contributed by atoms with Crippen molar-refractivity contribution in [3.05, 3.63) is 0 Å². The number of halogens is 1. The molecule has 0 aromatic carbocycles. The lowest BCUT2D eigenvalue weighted by atomic mass is 10.2. The quantitative estimate of drug-likeness (QED) is 0.637. The van der Waals surface area contributed by atoms with Crippen molar-refractivity contribution in [3.63, 3.8) is 0 Å². The van der Waals surface area contributed by atoms with Crippen molar-refractivity contribution >= 4 is 23.5 Å². The summed E-state index contributed by atoms with van der Waals surface area (Å²) in [6, 6.07) is -0.948. The highest BCUT2D eigenvalue weighted by Gasteiger charge is 2.36. The van der Waals surface area contributed by atoms with E-state index in [0.29, 0.717) is 0 Å². The molecule has 1 heterocycles. The number of alkyl halides is 1. The van der Waals surface area contributed by atoms with Crippen LogP contribution in [0.2, 0.25) is 0 Å². The number of aliphatic hydroxyl groups excluding tert-OH is 1. The molecule has 0 bridgehead atoms. The molecule has 14 heavy (non-hydrogen) atoms. The van der Waals surface area contributed by atoms with Crippen LogP contribution in [0, 0.1) is 0 Å². The molecule has 1 amide bonds. The monoisotopic (exact) mass is 221 g/mol. The van der Waals surface area contributed by atoms with E-state index in [0.717, 1.165) is 0 Å². The van der Waals surface area contributed by atoms with Gasteiger partial charge in [-0.15, -0.1) is 11.6 Å². The van der Waals surface area contributed by atoms with Gasteiger partial charge < -0.3 is 15.1 Å². The van der Waals surface area contributed by atoms with Crippen molar-refractivity contribution in [1.82, 2.24) is 4.90 Å². The topological polar surface area (TPSA) is 77.8 Å². The Balaban J connectivity index is 2.68. The van der Waals surface area contributed by atoms with Crippen molar-refractivity contribution in [2.24, 2.45) is 0 Å². The maximum Gasteiger partial charge on any atom is 0.326 e. The summed E-state index contributed by atoms with van der Waals surface area (Å²) in [5.41, 5.74) is 0. The fourth-order valence-corrected chi connectivity index (χ4v) is 1.80. The number of carbonyl (C=O) groups is 2. The molecule has 1 aliphatic heterocycles. The normalized spacial score (nSPS) is 24.0. The molecule has 6 heteroatoms. The van der Waals surface area contributed by atoms with Gasteiger partial charge in [0, 0.05) is 26.0 Å². The third kappa shape index (κ3) is 2.36. The van der Waals surface area contributed by atoms with Crippen molar-refractivity contribution in [1.29, 1.82) is 0 Å². The minimum absolute atomic E-state index is 0.0463. The Kier molecular flexibility index (Phi) is 3.71. The molecule has 1 fully saturated rings. The first kappa shape index (κ1) is 11.3. The number of likely N-dealkylation sites (tertiary alicyclic amines) is 1. The smallest absolute Gasteiger partial charge is 0.326 e. The molecule has 2 N–H and O–H groups in total. The zero-order valence-corrected chi connectivity index (χ0v) is 8.28. The Hall–Kier alpha value is -0.810. The van der Waals surface area contributed by atoms with Gasteiger partial charge in [-0.2, -0.15) is 0 Å². The van der Waals surface area contributed by atoms with E-state index in [9.17, 15) is 9.59 Å². The molecule has 80 valence electrons. The molecule has 0 aromatic heterocycles. The zero-order valence-electron chi connectivity index (χ0n) is 7.52. The van der Waals surface area contributed by atoms with Gasteiger partial charge in [0.15, 0.2) is 0 Å². The van der Waals surface area contributed by atoms with Crippen LogP contribution in [0.5, 0.6) is 0 Å². The van der Waals surface area contributed by atoms with Gasteiger partial charge in [-0.1, -0.05) is 0 Å². The first-order valence-electron chi connectivity index (χ1n) is 4.33. The van der Waals surface area contributed by atoms with E-state index in [-0.39, 0.29) is 37.3 Å². The standard InChI is InChI=1S/C8H12ClNO4/c9-5-3-7(12)10(4-5)6(1-2-11)8(13)14/h5-6,11H,1-4H2,(H,13,14)/t5?,6-/m0/s1. The van der Waals surface area contributed by atoms with Crippen LogP contribution in [0.1, 0.15) is 12.8 Å². The number of rotatable bonds is 4. The number of amides is 1. The van der Waals surface area contributed by atoms with Crippen LogP contribution in [0.25, 0.3) is 0 Å². The number of hydrogen-bond acceptors (Lipinski definition) is 3. The van der Waals surface area contributed by atoms with Crippen molar-refractivity contribution in [2.75, 3.05) is 13.2 Å². The predicted octanol–water partition coefficient (Wildman–Crippen LogP) is -0.338. The van der Waals surface area contributed by atoms with Crippen LogP contribution in [-0.4, -0.2) is 51.6 Å². The molecule has 2 atom stereocenters. The third-order valence-corrected chi connectivity index (χ3v) is 2.47. The number of carboxylic acid groups (broad SMARTS) is 1. The van der Waals surface area contributed by atoms with Crippen LogP contribution >= 0.6 is 11.6 Å². The molecule has 0 aliphatic carbocycles. The average molecular weight is 222 g/mol. The molecule has 0 aromatic rings. The Morgan fingerprint density at radius 3 is 2.71 bits per heavy atom. The van der Waals surface area contributed by atoms with E-state index in [4.69, 9.17) is 21.8 Å². The van der Waals surface area contributed by atoms with Gasteiger partial charge in [-0.25, -0.2) is 4.79 Å². The first-order chi connectivity index (χ1) is 6.56. The summed E-state index contributed by atoms with van der Waals surface area (Å²) in [5, 5.41) is 17.2. The van der Waals surface area contributed by atoms with E-state index < -0.39 is 12.0 Å². The summed E-state index contributed by atoms with van der Waals surface area (Å²) in [6.45, 7) is -0.00887. The second kappa shape index (κ2) is 4.61. The number of carboxylic acids is 1. The third-order valence-electron chi connectivity index (χ3n) is 2.18. The van der Waals surface area contributed by atoms with Gasteiger partial charge >= 0.3 is 5.97 Å². The van der Waals surface area contributed by atoms with Gasteiger partial charge in [0.1, 0.15) is 6.04 Å². The summed E-state index contributed by atoms with van der Waals surface area (Å²) >= 11 is 5.73.